The van der Waals surface area contributed by atoms with Gasteiger partial charge in [0.05, 0.1) is 0 Å². The summed E-state index contributed by atoms with van der Waals surface area (Å²) in [5.41, 5.74) is 2.64. The van der Waals surface area contributed by atoms with Crippen molar-refractivity contribution in [3.8, 4) is 0 Å². The number of allylic oxidation sites excluding steroid dienone is 4. The minimum atomic E-state index is 0.174. The fourth-order valence-corrected chi connectivity index (χ4v) is 2.01. The van der Waals surface area contributed by atoms with E-state index in [1.807, 2.05) is 6.92 Å². The van der Waals surface area contributed by atoms with Crippen LogP contribution < -0.4 is 0 Å². The Morgan fingerprint density at radius 3 is 2.69 bits per heavy atom. The summed E-state index contributed by atoms with van der Waals surface area (Å²) < 4.78 is 0. The summed E-state index contributed by atoms with van der Waals surface area (Å²) in [4.78, 5) is 22.8. The monoisotopic (exact) mass is 176 g/mol. The van der Waals surface area contributed by atoms with Crippen LogP contribution in [0.5, 0.6) is 0 Å². The Hall–Kier alpha value is -1.18. The van der Waals surface area contributed by atoms with Gasteiger partial charge in [0.1, 0.15) is 0 Å². The summed E-state index contributed by atoms with van der Waals surface area (Å²) >= 11 is 0. The predicted octanol–water partition coefficient (Wildman–Crippen LogP) is 1.96. The van der Waals surface area contributed by atoms with Crippen molar-refractivity contribution in [2.24, 2.45) is 0 Å². The molecule has 0 bridgehead atoms. The average Bonchev–Trinajstić information content (AvgIpc) is 2.12. The maximum atomic E-state index is 11.5. The van der Waals surface area contributed by atoms with Crippen molar-refractivity contribution in [2.45, 2.75) is 32.6 Å². The molecule has 2 aliphatic rings. The lowest BCUT2D eigenvalue weighted by Crippen LogP contribution is -2.18. The van der Waals surface area contributed by atoms with Gasteiger partial charge in [-0.1, -0.05) is 6.08 Å². The molecular weight excluding hydrogens is 164 g/mol. The highest BCUT2D eigenvalue weighted by atomic mass is 16.1. The highest BCUT2D eigenvalue weighted by Gasteiger charge is 2.26. The zero-order valence-corrected chi connectivity index (χ0v) is 7.72. The molecule has 0 radical (unpaired) electrons. The van der Waals surface area contributed by atoms with Crippen molar-refractivity contribution in [1.82, 2.24) is 0 Å². The van der Waals surface area contributed by atoms with Gasteiger partial charge in [-0.05, 0) is 30.9 Å². The summed E-state index contributed by atoms with van der Waals surface area (Å²) in [7, 11) is 0. The molecule has 0 unspecified atom stereocenters. The van der Waals surface area contributed by atoms with Crippen LogP contribution in [0.2, 0.25) is 0 Å². The third-order valence-electron chi connectivity index (χ3n) is 2.82. The maximum absolute atomic E-state index is 11.5. The first kappa shape index (κ1) is 8.42. The third kappa shape index (κ3) is 1.26. The number of ketones is 2. The Morgan fingerprint density at radius 1 is 1.15 bits per heavy atom. The normalized spacial score (nSPS) is 23.0. The molecule has 0 saturated heterocycles. The molecule has 1 saturated carbocycles. The Balaban J connectivity index is 2.46. The summed E-state index contributed by atoms with van der Waals surface area (Å²) in [6.07, 6.45) is 4.66. The highest BCUT2D eigenvalue weighted by Crippen LogP contribution is 2.32. The smallest absolute Gasteiger partial charge is 0.162 e. The Kier molecular flexibility index (Phi) is 1.91. The molecule has 0 heterocycles. The second kappa shape index (κ2) is 2.95. The number of fused-ring (bicyclic) bond motifs is 1. The summed E-state index contributed by atoms with van der Waals surface area (Å²) in [5.74, 6) is 0.390. The quantitative estimate of drug-likeness (QED) is 0.565. The SMILES string of the molecule is CC1=C2CCCC(=O)C2=CCC1=O. The number of hydrogen-bond donors (Lipinski definition) is 0. The zero-order chi connectivity index (χ0) is 9.42. The lowest BCUT2D eigenvalue weighted by Gasteiger charge is -2.22. The van der Waals surface area contributed by atoms with Crippen molar-refractivity contribution in [2.75, 3.05) is 0 Å². The van der Waals surface area contributed by atoms with Gasteiger partial charge in [0, 0.05) is 18.4 Å². The summed E-state index contributed by atoms with van der Waals surface area (Å²) in [6, 6.07) is 0. The predicted molar refractivity (Wildman–Crippen MR) is 49.3 cm³/mol. The van der Waals surface area contributed by atoms with Crippen molar-refractivity contribution >= 4 is 11.6 Å². The number of carbonyl (C=O) groups excluding carboxylic acids is 2. The molecule has 2 rings (SSSR count). The van der Waals surface area contributed by atoms with Crippen LogP contribution in [0, 0.1) is 0 Å². The highest BCUT2D eigenvalue weighted by molar-refractivity contribution is 6.08. The lowest BCUT2D eigenvalue weighted by atomic mass is 9.81. The van der Waals surface area contributed by atoms with Crippen molar-refractivity contribution in [3.05, 3.63) is 22.8 Å². The largest absolute Gasteiger partial charge is 0.294 e. The van der Waals surface area contributed by atoms with E-state index in [1.54, 1.807) is 6.08 Å². The molecule has 2 aliphatic carbocycles. The minimum absolute atomic E-state index is 0.174. The van der Waals surface area contributed by atoms with Crippen LogP contribution in [-0.2, 0) is 9.59 Å². The topological polar surface area (TPSA) is 34.1 Å². The van der Waals surface area contributed by atoms with E-state index in [0.717, 1.165) is 29.6 Å². The van der Waals surface area contributed by atoms with E-state index < -0.39 is 0 Å². The van der Waals surface area contributed by atoms with Gasteiger partial charge >= 0.3 is 0 Å². The van der Waals surface area contributed by atoms with Gasteiger partial charge in [-0.2, -0.15) is 0 Å². The fourth-order valence-electron chi connectivity index (χ4n) is 2.01. The van der Waals surface area contributed by atoms with Gasteiger partial charge in [-0.25, -0.2) is 0 Å². The molecule has 2 nitrogen and oxygen atoms in total. The standard InChI is InChI=1S/C11H12O2/c1-7-8-3-2-4-11(13)9(8)5-6-10(7)12/h5H,2-4,6H2,1H3. The Morgan fingerprint density at radius 2 is 1.92 bits per heavy atom. The minimum Gasteiger partial charge on any atom is -0.294 e. The van der Waals surface area contributed by atoms with E-state index in [-0.39, 0.29) is 11.6 Å². The molecule has 0 aromatic heterocycles. The molecular formula is C11H12O2. The first-order valence-corrected chi connectivity index (χ1v) is 4.67. The number of hydrogen-bond acceptors (Lipinski definition) is 2. The van der Waals surface area contributed by atoms with E-state index >= 15 is 0 Å². The summed E-state index contributed by atoms with van der Waals surface area (Å²) in [6.45, 7) is 1.84. The first-order chi connectivity index (χ1) is 6.20. The van der Waals surface area contributed by atoms with Crippen molar-refractivity contribution in [3.63, 3.8) is 0 Å². The molecule has 0 N–H and O–H groups in total. The van der Waals surface area contributed by atoms with E-state index in [1.165, 1.54) is 0 Å². The van der Waals surface area contributed by atoms with Crippen LogP contribution in [0.15, 0.2) is 22.8 Å². The molecule has 68 valence electrons. The van der Waals surface area contributed by atoms with Crippen LogP contribution in [0.3, 0.4) is 0 Å². The fraction of sp³-hybridized carbons (Fsp3) is 0.455. The van der Waals surface area contributed by atoms with Crippen LogP contribution in [0.1, 0.15) is 32.6 Å². The second-order valence-corrected chi connectivity index (χ2v) is 3.63. The maximum Gasteiger partial charge on any atom is 0.162 e. The molecule has 0 spiro atoms. The summed E-state index contributed by atoms with van der Waals surface area (Å²) in [5, 5.41) is 0. The number of carbonyl (C=O) groups is 2. The molecule has 13 heavy (non-hydrogen) atoms. The Labute approximate surface area is 77.3 Å². The molecule has 2 heteroatoms. The molecule has 0 aromatic carbocycles. The molecule has 0 aliphatic heterocycles. The van der Waals surface area contributed by atoms with Crippen molar-refractivity contribution in [1.29, 1.82) is 0 Å². The second-order valence-electron chi connectivity index (χ2n) is 3.63. The molecule has 0 amide bonds. The van der Waals surface area contributed by atoms with Gasteiger partial charge in [-0.3, -0.25) is 9.59 Å². The zero-order valence-electron chi connectivity index (χ0n) is 7.72. The molecule has 1 fully saturated rings. The Bertz CT molecular complexity index is 345. The van der Waals surface area contributed by atoms with Gasteiger partial charge in [0.15, 0.2) is 11.6 Å². The van der Waals surface area contributed by atoms with Gasteiger partial charge < -0.3 is 0 Å². The van der Waals surface area contributed by atoms with Crippen LogP contribution in [0.25, 0.3) is 0 Å². The average molecular weight is 176 g/mol. The van der Waals surface area contributed by atoms with Crippen LogP contribution >= 0.6 is 0 Å². The van der Waals surface area contributed by atoms with E-state index in [0.29, 0.717) is 12.8 Å². The van der Waals surface area contributed by atoms with Crippen LogP contribution in [0.4, 0.5) is 0 Å². The van der Waals surface area contributed by atoms with E-state index in [9.17, 15) is 9.59 Å². The van der Waals surface area contributed by atoms with Crippen molar-refractivity contribution < 1.29 is 9.59 Å². The van der Waals surface area contributed by atoms with Crippen LogP contribution in [-0.4, -0.2) is 11.6 Å². The van der Waals surface area contributed by atoms with Gasteiger partial charge in [-0.15, -0.1) is 0 Å². The van der Waals surface area contributed by atoms with Gasteiger partial charge in [0.2, 0.25) is 0 Å². The third-order valence-corrected chi connectivity index (χ3v) is 2.82. The number of Topliss-reactive ketones (excluding diaryl/α,β-unsaturated/α-hetero) is 2. The first-order valence-electron chi connectivity index (χ1n) is 4.67. The molecule has 0 atom stereocenters. The molecule has 0 aromatic rings. The lowest BCUT2D eigenvalue weighted by molar-refractivity contribution is -0.116. The van der Waals surface area contributed by atoms with Gasteiger partial charge in [0.25, 0.3) is 0 Å². The van der Waals surface area contributed by atoms with E-state index in [4.69, 9.17) is 0 Å². The van der Waals surface area contributed by atoms with E-state index in [2.05, 4.69) is 0 Å². The number of rotatable bonds is 0.